The maximum Gasteiger partial charge on any atom is 0.224 e. The van der Waals surface area contributed by atoms with E-state index in [2.05, 4.69) is 52.5 Å². The SMILES string of the molecule is CNc1ncc(Br)c(Nc2c(Cl)cc(F)cc2Br)n1. The lowest BCUT2D eigenvalue weighted by atomic mass is 10.3. The normalized spacial score (nSPS) is 10.4. The van der Waals surface area contributed by atoms with Crippen LogP contribution in [0.3, 0.4) is 0 Å². The topological polar surface area (TPSA) is 49.8 Å². The van der Waals surface area contributed by atoms with Gasteiger partial charge in [0, 0.05) is 17.7 Å². The maximum atomic E-state index is 13.2. The predicted molar refractivity (Wildman–Crippen MR) is 81.7 cm³/mol. The van der Waals surface area contributed by atoms with Crippen molar-refractivity contribution >= 4 is 60.9 Å². The lowest BCUT2D eigenvalue weighted by Crippen LogP contribution is -2.02. The van der Waals surface area contributed by atoms with Gasteiger partial charge in [0.05, 0.1) is 15.2 Å². The van der Waals surface area contributed by atoms with Gasteiger partial charge >= 0.3 is 0 Å². The van der Waals surface area contributed by atoms with Gasteiger partial charge < -0.3 is 10.6 Å². The highest BCUT2D eigenvalue weighted by Gasteiger charge is 2.11. The molecule has 8 heteroatoms. The van der Waals surface area contributed by atoms with E-state index in [4.69, 9.17) is 11.6 Å². The van der Waals surface area contributed by atoms with Gasteiger partial charge in [0.25, 0.3) is 0 Å². The lowest BCUT2D eigenvalue weighted by molar-refractivity contribution is 0.627. The molecule has 0 saturated heterocycles. The van der Waals surface area contributed by atoms with Crippen LogP contribution in [0.1, 0.15) is 0 Å². The van der Waals surface area contributed by atoms with Gasteiger partial charge in [-0.1, -0.05) is 11.6 Å². The van der Waals surface area contributed by atoms with Crippen LogP contribution >= 0.6 is 43.5 Å². The molecule has 2 rings (SSSR count). The molecule has 19 heavy (non-hydrogen) atoms. The van der Waals surface area contributed by atoms with Crippen molar-refractivity contribution < 1.29 is 4.39 Å². The summed E-state index contributed by atoms with van der Waals surface area (Å²) in [4.78, 5) is 8.28. The van der Waals surface area contributed by atoms with E-state index in [0.29, 0.717) is 26.4 Å². The zero-order valence-electron chi connectivity index (χ0n) is 9.64. The molecule has 1 aromatic carbocycles. The van der Waals surface area contributed by atoms with Gasteiger partial charge in [-0.25, -0.2) is 9.37 Å². The van der Waals surface area contributed by atoms with Crippen LogP contribution in [0.2, 0.25) is 5.02 Å². The smallest absolute Gasteiger partial charge is 0.224 e. The number of nitrogens with one attached hydrogen (secondary N) is 2. The minimum absolute atomic E-state index is 0.253. The lowest BCUT2D eigenvalue weighted by Gasteiger charge is -2.12. The first-order valence-corrected chi connectivity index (χ1v) is 7.09. The summed E-state index contributed by atoms with van der Waals surface area (Å²) in [7, 11) is 1.72. The van der Waals surface area contributed by atoms with Crippen molar-refractivity contribution in [3.63, 3.8) is 0 Å². The first-order chi connectivity index (χ1) is 9.01. The number of rotatable bonds is 3. The van der Waals surface area contributed by atoms with Crippen molar-refractivity contribution in [3.05, 3.63) is 38.1 Å². The Labute approximate surface area is 131 Å². The first-order valence-electron chi connectivity index (χ1n) is 5.13. The van der Waals surface area contributed by atoms with Gasteiger partial charge in [-0.3, -0.25) is 0 Å². The number of aromatic nitrogens is 2. The molecule has 2 aromatic rings. The van der Waals surface area contributed by atoms with Crippen LogP contribution in [0.15, 0.2) is 27.3 Å². The summed E-state index contributed by atoms with van der Waals surface area (Å²) in [5.74, 6) is 0.564. The molecule has 0 aliphatic carbocycles. The molecule has 0 bridgehead atoms. The third kappa shape index (κ3) is 3.34. The van der Waals surface area contributed by atoms with Crippen molar-refractivity contribution in [1.82, 2.24) is 9.97 Å². The van der Waals surface area contributed by atoms with E-state index in [-0.39, 0.29) is 5.02 Å². The first kappa shape index (κ1) is 14.5. The van der Waals surface area contributed by atoms with Gasteiger partial charge in [-0.05, 0) is 44.0 Å². The van der Waals surface area contributed by atoms with Crippen molar-refractivity contribution in [1.29, 1.82) is 0 Å². The molecule has 1 aromatic heterocycles. The Morgan fingerprint density at radius 1 is 1.26 bits per heavy atom. The Bertz CT molecular complexity index is 601. The quantitative estimate of drug-likeness (QED) is 0.778. The molecule has 4 nitrogen and oxygen atoms in total. The number of hydrogen-bond donors (Lipinski definition) is 2. The second-order valence-corrected chi connectivity index (χ2v) is 5.63. The van der Waals surface area contributed by atoms with Gasteiger partial charge in [0.15, 0.2) is 0 Å². The Morgan fingerprint density at radius 3 is 2.63 bits per heavy atom. The van der Waals surface area contributed by atoms with Crippen LogP contribution in [0.5, 0.6) is 0 Å². The fourth-order valence-corrected chi connectivity index (χ4v) is 2.54. The van der Waals surface area contributed by atoms with E-state index in [9.17, 15) is 4.39 Å². The second-order valence-electron chi connectivity index (χ2n) is 3.51. The number of benzene rings is 1. The highest BCUT2D eigenvalue weighted by Crippen LogP contribution is 2.35. The zero-order chi connectivity index (χ0) is 14.0. The Kier molecular flexibility index (Phi) is 4.59. The number of nitrogens with zero attached hydrogens (tertiary/aromatic N) is 2. The average molecular weight is 410 g/mol. The maximum absolute atomic E-state index is 13.2. The number of hydrogen-bond acceptors (Lipinski definition) is 4. The largest absolute Gasteiger partial charge is 0.357 e. The molecule has 0 saturated carbocycles. The predicted octanol–water partition coefficient (Wildman–Crippen LogP) is 4.58. The van der Waals surface area contributed by atoms with Gasteiger partial charge in [0.2, 0.25) is 5.95 Å². The molecule has 2 N–H and O–H groups in total. The number of halogens is 4. The minimum atomic E-state index is -0.417. The van der Waals surface area contributed by atoms with E-state index in [1.807, 2.05) is 0 Å². The van der Waals surface area contributed by atoms with Gasteiger partial charge in [-0.2, -0.15) is 4.98 Å². The van der Waals surface area contributed by atoms with Crippen molar-refractivity contribution in [2.24, 2.45) is 0 Å². The van der Waals surface area contributed by atoms with Crippen molar-refractivity contribution in [2.45, 2.75) is 0 Å². The summed E-state index contributed by atoms with van der Waals surface area (Å²) < 4.78 is 14.3. The van der Waals surface area contributed by atoms with E-state index >= 15 is 0 Å². The van der Waals surface area contributed by atoms with Crippen LogP contribution in [-0.4, -0.2) is 17.0 Å². The summed E-state index contributed by atoms with van der Waals surface area (Å²) in [6.45, 7) is 0. The summed E-state index contributed by atoms with van der Waals surface area (Å²) in [6, 6.07) is 2.55. The van der Waals surface area contributed by atoms with E-state index < -0.39 is 5.82 Å². The summed E-state index contributed by atoms with van der Waals surface area (Å²) in [5, 5.41) is 6.11. The van der Waals surface area contributed by atoms with Crippen LogP contribution < -0.4 is 10.6 Å². The second kappa shape index (κ2) is 6.02. The fourth-order valence-electron chi connectivity index (χ4n) is 1.36. The molecule has 0 amide bonds. The molecule has 0 unspecified atom stereocenters. The highest BCUT2D eigenvalue weighted by molar-refractivity contribution is 9.11. The summed E-state index contributed by atoms with van der Waals surface area (Å²) in [6.07, 6.45) is 1.60. The fraction of sp³-hybridized carbons (Fsp3) is 0.0909. The highest BCUT2D eigenvalue weighted by atomic mass is 79.9. The molecule has 0 atom stereocenters. The summed E-state index contributed by atoms with van der Waals surface area (Å²) in [5.41, 5.74) is 0.532. The molecule has 0 spiro atoms. The molecule has 100 valence electrons. The third-order valence-electron chi connectivity index (χ3n) is 2.22. The number of anilines is 3. The van der Waals surface area contributed by atoms with Crippen LogP contribution in [0.25, 0.3) is 0 Å². The van der Waals surface area contributed by atoms with E-state index in [1.165, 1.54) is 12.1 Å². The zero-order valence-corrected chi connectivity index (χ0v) is 13.6. The van der Waals surface area contributed by atoms with Crippen LogP contribution in [0, 0.1) is 5.82 Å². The average Bonchev–Trinajstić information content (AvgIpc) is 2.35. The summed E-state index contributed by atoms with van der Waals surface area (Å²) >= 11 is 12.6. The molecule has 1 heterocycles. The van der Waals surface area contributed by atoms with Crippen molar-refractivity contribution in [3.8, 4) is 0 Å². The molecular formula is C11H8Br2ClFN4. The van der Waals surface area contributed by atoms with E-state index in [1.54, 1.807) is 13.2 Å². The minimum Gasteiger partial charge on any atom is -0.357 e. The van der Waals surface area contributed by atoms with Crippen LogP contribution in [-0.2, 0) is 0 Å². The molecule has 0 fully saturated rings. The Morgan fingerprint density at radius 2 is 2.00 bits per heavy atom. The molecular weight excluding hydrogens is 402 g/mol. The van der Waals surface area contributed by atoms with Gasteiger partial charge in [0.1, 0.15) is 11.6 Å². The third-order valence-corrected chi connectivity index (χ3v) is 3.72. The molecule has 0 aliphatic rings. The van der Waals surface area contributed by atoms with Crippen LogP contribution in [0.4, 0.5) is 21.8 Å². The molecule has 0 aliphatic heterocycles. The standard InChI is InChI=1S/C11H8Br2ClFN4/c1-16-11-17-4-7(13)10(19-11)18-9-6(12)2-5(15)3-8(9)14/h2-4H,1H3,(H2,16,17,18,19). The molecule has 0 radical (unpaired) electrons. The monoisotopic (exact) mass is 408 g/mol. The van der Waals surface area contributed by atoms with Crippen molar-refractivity contribution in [2.75, 3.05) is 17.7 Å². The Balaban J connectivity index is 2.41. The van der Waals surface area contributed by atoms with E-state index in [0.717, 1.165) is 0 Å². The Hall–Kier alpha value is -0.920. The van der Waals surface area contributed by atoms with Gasteiger partial charge in [-0.15, -0.1) is 0 Å².